The first-order valence-corrected chi connectivity index (χ1v) is 9.24. The van der Waals surface area contributed by atoms with E-state index in [0.717, 1.165) is 18.4 Å². The summed E-state index contributed by atoms with van der Waals surface area (Å²) in [5, 5.41) is 10.8. The van der Waals surface area contributed by atoms with Crippen LogP contribution in [0.1, 0.15) is 25.8 Å². The average molecular weight is 362 g/mol. The second-order valence-electron chi connectivity index (χ2n) is 6.54. The third-order valence-corrected chi connectivity index (χ3v) is 5.41. The van der Waals surface area contributed by atoms with Crippen molar-refractivity contribution in [3.63, 3.8) is 0 Å². The highest BCUT2D eigenvalue weighted by molar-refractivity contribution is 7.92. The molecule has 0 saturated heterocycles. The standard InChI is InChI=1S/C17H18N2O5S/c1-17(2)9-8-12-10-15(6-7-16(12)24-17)25(22,23)18-13-4-3-5-14(11-13)19(20)21/h3-7,10-11,18H,8-9H2,1-2H3. The molecule has 0 spiro atoms. The maximum absolute atomic E-state index is 12.6. The zero-order valence-corrected chi connectivity index (χ0v) is 14.7. The van der Waals surface area contributed by atoms with Gasteiger partial charge in [-0.2, -0.15) is 0 Å². The number of hydrogen-bond donors (Lipinski definition) is 1. The lowest BCUT2D eigenvalue weighted by Crippen LogP contribution is -2.32. The SMILES string of the molecule is CC1(C)CCc2cc(S(=O)(=O)Nc3cccc([N+](=O)[O-])c3)ccc2O1. The van der Waals surface area contributed by atoms with Crippen molar-refractivity contribution >= 4 is 21.4 Å². The number of aryl methyl sites for hydroxylation is 1. The quantitative estimate of drug-likeness (QED) is 0.663. The molecule has 2 aromatic rings. The van der Waals surface area contributed by atoms with Gasteiger partial charge >= 0.3 is 0 Å². The first-order valence-electron chi connectivity index (χ1n) is 7.76. The third-order valence-electron chi connectivity index (χ3n) is 4.03. The number of nitro benzene ring substituents is 1. The molecule has 1 aliphatic rings. The number of ether oxygens (including phenoxy) is 1. The molecule has 1 aliphatic heterocycles. The maximum atomic E-state index is 12.6. The molecule has 25 heavy (non-hydrogen) atoms. The van der Waals surface area contributed by atoms with E-state index >= 15 is 0 Å². The predicted molar refractivity (Wildman–Crippen MR) is 93.4 cm³/mol. The van der Waals surface area contributed by atoms with Gasteiger partial charge in [-0.25, -0.2) is 8.42 Å². The Labute approximate surface area is 145 Å². The number of benzene rings is 2. The van der Waals surface area contributed by atoms with Crippen LogP contribution in [-0.4, -0.2) is 18.9 Å². The van der Waals surface area contributed by atoms with Gasteiger partial charge in [0, 0.05) is 12.1 Å². The first-order chi connectivity index (χ1) is 11.7. The van der Waals surface area contributed by atoms with Crippen molar-refractivity contribution in [3.05, 3.63) is 58.1 Å². The van der Waals surface area contributed by atoms with E-state index in [-0.39, 0.29) is 21.9 Å². The number of nitro groups is 1. The summed E-state index contributed by atoms with van der Waals surface area (Å²) in [7, 11) is -3.85. The Morgan fingerprint density at radius 1 is 1.20 bits per heavy atom. The summed E-state index contributed by atoms with van der Waals surface area (Å²) in [5.41, 5.74) is 0.529. The molecule has 0 saturated carbocycles. The summed E-state index contributed by atoms with van der Waals surface area (Å²) in [4.78, 5) is 10.3. The number of anilines is 1. The highest BCUT2D eigenvalue weighted by Gasteiger charge is 2.27. The number of non-ortho nitro benzene ring substituents is 1. The van der Waals surface area contributed by atoms with Gasteiger partial charge in [0.05, 0.1) is 15.5 Å². The minimum atomic E-state index is -3.85. The van der Waals surface area contributed by atoms with Crippen LogP contribution in [-0.2, 0) is 16.4 Å². The zero-order valence-electron chi connectivity index (χ0n) is 13.9. The molecule has 0 aromatic heterocycles. The van der Waals surface area contributed by atoms with E-state index in [1.54, 1.807) is 12.1 Å². The van der Waals surface area contributed by atoms with Crippen LogP contribution in [0.3, 0.4) is 0 Å². The van der Waals surface area contributed by atoms with E-state index < -0.39 is 14.9 Å². The second-order valence-corrected chi connectivity index (χ2v) is 8.23. The van der Waals surface area contributed by atoms with Crippen molar-refractivity contribution in [3.8, 4) is 5.75 Å². The lowest BCUT2D eigenvalue weighted by molar-refractivity contribution is -0.384. The molecular weight excluding hydrogens is 344 g/mol. The molecule has 0 radical (unpaired) electrons. The van der Waals surface area contributed by atoms with Crippen LogP contribution >= 0.6 is 0 Å². The van der Waals surface area contributed by atoms with Gasteiger partial charge in [-0.05, 0) is 56.5 Å². The van der Waals surface area contributed by atoms with Gasteiger partial charge in [0.15, 0.2) is 0 Å². The zero-order chi connectivity index (χ0) is 18.2. The Morgan fingerprint density at radius 3 is 2.68 bits per heavy atom. The lowest BCUT2D eigenvalue weighted by atomic mass is 9.94. The minimum Gasteiger partial charge on any atom is -0.488 e. The molecule has 7 nitrogen and oxygen atoms in total. The van der Waals surface area contributed by atoms with Crippen molar-refractivity contribution < 1.29 is 18.1 Å². The van der Waals surface area contributed by atoms with Gasteiger partial charge < -0.3 is 4.74 Å². The fourth-order valence-corrected chi connectivity index (χ4v) is 3.80. The summed E-state index contributed by atoms with van der Waals surface area (Å²) in [6, 6.07) is 10.1. The molecule has 0 atom stereocenters. The number of fused-ring (bicyclic) bond motifs is 1. The van der Waals surface area contributed by atoms with Gasteiger partial charge in [0.2, 0.25) is 0 Å². The Balaban J connectivity index is 1.88. The van der Waals surface area contributed by atoms with Crippen LogP contribution in [0.25, 0.3) is 0 Å². The summed E-state index contributed by atoms with van der Waals surface area (Å²) >= 11 is 0. The summed E-state index contributed by atoms with van der Waals surface area (Å²) in [6.07, 6.45) is 1.52. The van der Waals surface area contributed by atoms with E-state index in [1.165, 1.54) is 30.3 Å². The first kappa shape index (κ1) is 17.2. The molecule has 1 heterocycles. The summed E-state index contributed by atoms with van der Waals surface area (Å²) in [6.45, 7) is 3.98. The highest BCUT2D eigenvalue weighted by Crippen LogP contribution is 2.34. The average Bonchev–Trinajstić information content (AvgIpc) is 2.53. The number of sulfonamides is 1. The topological polar surface area (TPSA) is 98.5 Å². The van der Waals surface area contributed by atoms with Crippen LogP contribution < -0.4 is 9.46 Å². The molecular formula is C17H18N2O5S. The molecule has 0 bridgehead atoms. The maximum Gasteiger partial charge on any atom is 0.271 e. The van der Waals surface area contributed by atoms with E-state index in [2.05, 4.69) is 4.72 Å². The Kier molecular flexibility index (Phi) is 4.16. The Morgan fingerprint density at radius 2 is 1.96 bits per heavy atom. The van der Waals surface area contributed by atoms with E-state index in [0.29, 0.717) is 5.75 Å². The van der Waals surface area contributed by atoms with Crippen LogP contribution in [0.2, 0.25) is 0 Å². The van der Waals surface area contributed by atoms with Gasteiger partial charge in [0.1, 0.15) is 11.4 Å². The van der Waals surface area contributed by atoms with Gasteiger partial charge in [0.25, 0.3) is 15.7 Å². The summed E-state index contributed by atoms with van der Waals surface area (Å²) in [5.74, 6) is 0.686. The smallest absolute Gasteiger partial charge is 0.271 e. The Bertz CT molecular complexity index is 938. The normalized spacial score (nSPS) is 15.8. The van der Waals surface area contributed by atoms with Crippen LogP contribution in [0, 0.1) is 10.1 Å². The third kappa shape index (κ3) is 3.74. The molecule has 0 amide bonds. The van der Waals surface area contributed by atoms with Crippen molar-refractivity contribution in [2.75, 3.05) is 4.72 Å². The van der Waals surface area contributed by atoms with Crippen molar-refractivity contribution in [1.29, 1.82) is 0 Å². The van der Waals surface area contributed by atoms with Crippen molar-refractivity contribution in [1.82, 2.24) is 0 Å². The van der Waals surface area contributed by atoms with Crippen molar-refractivity contribution in [2.45, 2.75) is 37.2 Å². The number of nitrogens with zero attached hydrogens (tertiary/aromatic N) is 1. The van der Waals surface area contributed by atoms with Gasteiger partial charge in [-0.3, -0.25) is 14.8 Å². The molecule has 0 unspecified atom stereocenters. The van der Waals surface area contributed by atoms with Crippen molar-refractivity contribution in [2.24, 2.45) is 0 Å². The molecule has 1 N–H and O–H groups in total. The molecule has 0 fully saturated rings. The number of rotatable bonds is 4. The lowest BCUT2D eigenvalue weighted by Gasteiger charge is -2.32. The molecule has 8 heteroatoms. The number of nitrogens with one attached hydrogen (secondary N) is 1. The number of hydrogen-bond acceptors (Lipinski definition) is 5. The monoisotopic (exact) mass is 362 g/mol. The van der Waals surface area contributed by atoms with Crippen LogP contribution in [0.15, 0.2) is 47.4 Å². The van der Waals surface area contributed by atoms with Crippen LogP contribution in [0.5, 0.6) is 5.75 Å². The largest absolute Gasteiger partial charge is 0.488 e. The highest BCUT2D eigenvalue weighted by atomic mass is 32.2. The van der Waals surface area contributed by atoms with Gasteiger partial charge in [-0.15, -0.1) is 0 Å². The Hall–Kier alpha value is -2.61. The van der Waals surface area contributed by atoms with E-state index in [4.69, 9.17) is 4.74 Å². The van der Waals surface area contributed by atoms with E-state index in [9.17, 15) is 18.5 Å². The van der Waals surface area contributed by atoms with Crippen LogP contribution in [0.4, 0.5) is 11.4 Å². The second kappa shape index (κ2) is 6.03. The van der Waals surface area contributed by atoms with E-state index in [1.807, 2.05) is 13.8 Å². The molecule has 3 rings (SSSR count). The summed E-state index contributed by atoms with van der Waals surface area (Å²) < 4.78 is 33.4. The molecule has 2 aromatic carbocycles. The fraction of sp³-hybridized carbons (Fsp3) is 0.294. The fourth-order valence-electron chi connectivity index (χ4n) is 2.70. The molecule has 132 valence electrons. The minimum absolute atomic E-state index is 0.0982. The molecule has 0 aliphatic carbocycles. The van der Waals surface area contributed by atoms with Gasteiger partial charge in [-0.1, -0.05) is 6.07 Å². The predicted octanol–water partition coefficient (Wildman–Crippen LogP) is 3.50.